The Bertz CT molecular complexity index is 1270. The molecule has 1 saturated heterocycles. The quantitative estimate of drug-likeness (QED) is 0.543. The topological polar surface area (TPSA) is 66.4 Å². The number of aryl methyl sites for hydroxylation is 1. The summed E-state index contributed by atoms with van der Waals surface area (Å²) in [4.78, 5) is 14.3. The van der Waals surface area contributed by atoms with Gasteiger partial charge in [-0.15, -0.1) is 11.3 Å². The van der Waals surface area contributed by atoms with Crippen LogP contribution in [0.4, 0.5) is 5.82 Å². The predicted octanol–water partition coefficient (Wildman–Crippen LogP) is 4.62. The molecule has 2 aliphatic rings. The first kappa shape index (κ1) is 22.7. The number of nitrogens with zero attached hydrogens (tertiary/aromatic N) is 4. The Morgan fingerprint density at radius 2 is 1.73 bits per heavy atom. The zero-order valence-electron chi connectivity index (χ0n) is 19.8. The fourth-order valence-electron chi connectivity index (χ4n) is 4.91. The van der Waals surface area contributed by atoms with E-state index in [4.69, 9.17) is 0 Å². The van der Waals surface area contributed by atoms with E-state index in [1.54, 1.807) is 34.1 Å². The first-order valence-electron chi connectivity index (χ1n) is 11.8. The molecule has 0 bridgehead atoms. The summed E-state index contributed by atoms with van der Waals surface area (Å²) in [6.45, 7) is 10.9. The molecule has 0 radical (unpaired) electrons. The van der Waals surface area contributed by atoms with Crippen molar-refractivity contribution in [3.63, 3.8) is 0 Å². The van der Waals surface area contributed by atoms with E-state index in [0.29, 0.717) is 37.0 Å². The van der Waals surface area contributed by atoms with Crippen LogP contribution in [0.2, 0.25) is 0 Å². The van der Waals surface area contributed by atoms with E-state index in [-0.39, 0.29) is 5.41 Å². The predicted molar refractivity (Wildman–Crippen MR) is 135 cm³/mol. The molecule has 1 atom stereocenters. The maximum Gasteiger partial charge on any atom is 0.243 e. The molecule has 2 aromatic heterocycles. The minimum absolute atomic E-state index is 0.00428. The third-order valence-electron chi connectivity index (χ3n) is 6.97. The fraction of sp³-hybridized carbons (Fsp3) is 0.520. The first-order chi connectivity index (χ1) is 15.6. The number of hydrogen-bond acceptors (Lipinski definition) is 6. The van der Waals surface area contributed by atoms with Crippen LogP contribution >= 0.6 is 11.3 Å². The summed E-state index contributed by atoms with van der Waals surface area (Å²) < 4.78 is 28.1. The van der Waals surface area contributed by atoms with Crippen molar-refractivity contribution in [1.82, 2.24) is 14.3 Å². The van der Waals surface area contributed by atoms with Gasteiger partial charge in [-0.25, -0.2) is 18.4 Å². The number of aromatic nitrogens is 2. The Kier molecular flexibility index (Phi) is 5.74. The molecular weight excluding hydrogens is 452 g/mol. The molecule has 0 saturated carbocycles. The third kappa shape index (κ3) is 4.17. The first-order valence-corrected chi connectivity index (χ1v) is 14.0. The molecule has 0 amide bonds. The standard InChI is InChI=1S/C25H32N4O2S2/c1-17-5-10-20-21(15-17)32-24-22(20)23(26-16-27-24)28-11-13-29(14-12-28)33(30,31)19-8-6-18(7-9-19)25(2,3)4/h6-9,16-17H,5,10-15H2,1-4H3/t17-/m1/s1. The summed E-state index contributed by atoms with van der Waals surface area (Å²) in [6.07, 6.45) is 5.06. The van der Waals surface area contributed by atoms with E-state index in [1.165, 1.54) is 22.2 Å². The van der Waals surface area contributed by atoms with Crippen molar-refractivity contribution >= 4 is 37.4 Å². The molecule has 1 fully saturated rings. The van der Waals surface area contributed by atoms with Crippen LogP contribution < -0.4 is 4.90 Å². The van der Waals surface area contributed by atoms with E-state index in [1.807, 2.05) is 12.1 Å². The average molecular weight is 485 g/mol. The molecule has 33 heavy (non-hydrogen) atoms. The van der Waals surface area contributed by atoms with Crippen molar-refractivity contribution in [3.05, 3.63) is 46.6 Å². The van der Waals surface area contributed by atoms with Crippen molar-refractivity contribution in [3.8, 4) is 0 Å². The summed E-state index contributed by atoms with van der Waals surface area (Å²) in [5, 5.41) is 1.19. The lowest BCUT2D eigenvalue weighted by molar-refractivity contribution is 0.384. The van der Waals surface area contributed by atoms with E-state index >= 15 is 0 Å². The largest absolute Gasteiger partial charge is 0.353 e. The third-order valence-corrected chi connectivity index (χ3v) is 10.0. The highest BCUT2D eigenvalue weighted by molar-refractivity contribution is 7.89. The maximum atomic E-state index is 13.3. The highest BCUT2D eigenvalue weighted by atomic mass is 32.2. The smallest absolute Gasteiger partial charge is 0.243 e. The van der Waals surface area contributed by atoms with Gasteiger partial charge in [0.15, 0.2) is 0 Å². The van der Waals surface area contributed by atoms with Gasteiger partial charge in [0.05, 0.1) is 10.3 Å². The van der Waals surface area contributed by atoms with Crippen LogP contribution in [0.25, 0.3) is 10.2 Å². The summed E-state index contributed by atoms with van der Waals surface area (Å²) in [5.41, 5.74) is 2.54. The monoisotopic (exact) mass is 484 g/mol. The molecule has 176 valence electrons. The van der Waals surface area contributed by atoms with Crippen molar-refractivity contribution in [1.29, 1.82) is 0 Å². The zero-order chi connectivity index (χ0) is 23.4. The summed E-state index contributed by atoms with van der Waals surface area (Å²) in [7, 11) is -3.51. The number of rotatable bonds is 3. The molecule has 8 heteroatoms. The minimum Gasteiger partial charge on any atom is -0.353 e. The number of anilines is 1. The SMILES string of the molecule is C[C@@H]1CCc2c(sc3ncnc(N4CCN(S(=O)(=O)c5ccc(C(C)(C)C)cc5)CC4)c23)C1. The Morgan fingerprint density at radius 3 is 2.39 bits per heavy atom. The van der Waals surface area contributed by atoms with Crippen molar-refractivity contribution in [2.24, 2.45) is 5.92 Å². The lowest BCUT2D eigenvalue weighted by Crippen LogP contribution is -2.49. The maximum absolute atomic E-state index is 13.3. The van der Waals surface area contributed by atoms with Crippen LogP contribution in [0.1, 0.15) is 50.1 Å². The second-order valence-corrected chi connectivity index (χ2v) is 13.4. The second-order valence-electron chi connectivity index (χ2n) is 10.4. The van der Waals surface area contributed by atoms with Crippen LogP contribution in [-0.4, -0.2) is 48.9 Å². The van der Waals surface area contributed by atoms with Gasteiger partial charge in [0.25, 0.3) is 0 Å². The number of thiophene rings is 1. The van der Waals surface area contributed by atoms with Crippen LogP contribution in [0.3, 0.4) is 0 Å². The van der Waals surface area contributed by atoms with Gasteiger partial charge in [-0.2, -0.15) is 4.31 Å². The Hall–Kier alpha value is -2.03. The molecule has 0 N–H and O–H groups in total. The summed E-state index contributed by atoms with van der Waals surface area (Å²) >= 11 is 1.80. The molecule has 1 aliphatic carbocycles. The number of fused-ring (bicyclic) bond motifs is 3. The Balaban J connectivity index is 1.36. The normalized spacial score (nSPS) is 20.2. The highest BCUT2D eigenvalue weighted by Gasteiger charge is 2.31. The Labute approximate surface area is 200 Å². The Morgan fingerprint density at radius 1 is 1.03 bits per heavy atom. The van der Waals surface area contributed by atoms with Gasteiger partial charge in [-0.05, 0) is 53.9 Å². The van der Waals surface area contributed by atoms with Gasteiger partial charge < -0.3 is 4.90 Å². The number of hydrogen-bond donors (Lipinski definition) is 0. The lowest BCUT2D eigenvalue weighted by atomic mass is 9.87. The number of sulfonamides is 1. The molecule has 0 spiro atoms. The van der Waals surface area contributed by atoms with E-state index in [0.717, 1.165) is 29.1 Å². The molecule has 6 nitrogen and oxygen atoms in total. The molecule has 3 heterocycles. The summed E-state index contributed by atoms with van der Waals surface area (Å²) in [6, 6.07) is 7.35. The van der Waals surface area contributed by atoms with Crippen LogP contribution in [0, 0.1) is 5.92 Å². The second kappa shape index (κ2) is 8.32. The van der Waals surface area contributed by atoms with Gasteiger partial charge >= 0.3 is 0 Å². The van der Waals surface area contributed by atoms with Gasteiger partial charge in [0, 0.05) is 31.1 Å². The molecule has 3 aromatic rings. The van der Waals surface area contributed by atoms with E-state index in [9.17, 15) is 8.42 Å². The van der Waals surface area contributed by atoms with Crippen molar-refractivity contribution in [2.45, 2.75) is 57.3 Å². The van der Waals surface area contributed by atoms with E-state index < -0.39 is 10.0 Å². The minimum atomic E-state index is -3.51. The number of benzene rings is 1. The molecular formula is C25H32N4O2S2. The lowest BCUT2D eigenvalue weighted by Gasteiger charge is -2.35. The van der Waals surface area contributed by atoms with Crippen LogP contribution in [-0.2, 0) is 28.3 Å². The van der Waals surface area contributed by atoms with Gasteiger partial charge in [-0.1, -0.05) is 39.8 Å². The number of piperazine rings is 1. The van der Waals surface area contributed by atoms with Gasteiger partial charge in [-0.3, -0.25) is 0 Å². The fourth-order valence-corrected chi connectivity index (χ4v) is 7.68. The van der Waals surface area contributed by atoms with E-state index in [2.05, 4.69) is 42.6 Å². The van der Waals surface area contributed by atoms with Crippen molar-refractivity contribution < 1.29 is 8.42 Å². The molecule has 1 aromatic carbocycles. The average Bonchev–Trinajstić information content (AvgIpc) is 3.16. The van der Waals surface area contributed by atoms with Crippen LogP contribution in [0.5, 0.6) is 0 Å². The summed E-state index contributed by atoms with van der Waals surface area (Å²) in [5.74, 6) is 1.69. The molecule has 5 rings (SSSR count). The highest BCUT2D eigenvalue weighted by Crippen LogP contribution is 2.40. The zero-order valence-corrected chi connectivity index (χ0v) is 21.5. The van der Waals surface area contributed by atoms with Crippen molar-refractivity contribution in [2.75, 3.05) is 31.1 Å². The van der Waals surface area contributed by atoms with Crippen LogP contribution in [0.15, 0.2) is 35.5 Å². The molecule has 0 unspecified atom stereocenters. The van der Waals surface area contributed by atoms with Gasteiger partial charge in [0.1, 0.15) is 17.0 Å². The molecule has 1 aliphatic heterocycles. The van der Waals surface area contributed by atoms with Gasteiger partial charge in [0.2, 0.25) is 10.0 Å².